The van der Waals surface area contributed by atoms with Crippen LogP contribution in [-0.2, 0) is 0 Å². The molecule has 5 rings (SSSR count). The van der Waals surface area contributed by atoms with Crippen LogP contribution in [0, 0.1) is 12.7 Å². The number of hydrogen-bond donors (Lipinski definition) is 1. The van der Waals surface area contributed by atoms with Crippen molar-refractivity contribution in [1.82, 2.24) is 9.97 Å². The molecule has 1 aliphatic heterocycles. The molecule has 2 aromatic heterocycles. The lowest BCUT2D eigenvalue weighted by Crippen LogP contribution is -2.09. The van der Waals surface area contributed by atoms with E-state index < -0.39 is 0 Å². The quantitative estimate of drug-likeness (QED) is 0.556. The smallest absolute Gasteiger partial charge is 0.260 e. The highest BCUT2D eigenvalue weighted by molar-refractivity contribution is 7.19. The average molecular weight is 380 g/mol. The summed E-state index contributed by atoms with van der Waals surface area (Å²) in [6.07, 6.45) is 0. The van der Waals surface area contributed by atoms with Gasteiger partial charge in [-0.1, -0.05) is 12.1 Å². The van der Waals surface area contributed by atoms with Crippen molar-refractivity contribution in [3.8, 4) is 34.0 Å². The molecule has 0 radical (unpaired) electrons. The Morgan fingerprint density at radius 3 is 2.63 bits per heavy atom. The summed E-state index contributed by atoms with van der Waals surface area (Å²) in [7, 11) is 0. The van der Waals surface area contributed by atoms with E-state index in [-0.39, 0.29) is 18.2 Å². The minimum absolute atomic E-state index is 0.187. The van der Waals surface area contributed by atoms with Crippen molar-refractivity contribution < 1.29 is 13.9 Å². The van der Waals surface area contributed by atoms with Crippen LogP contribution in [0.15, 0.2) is 47.3 Å². The minimum Gasteiger partial charge on any atom is -0.454 e. The molecule has 2 aromatic carbocycles. The van der Waals surface area contributed by atoms with Crippen molar-refractivity contribution in [3.05, 3.63) is 63.5 Å². The predicted octanol–water partition coefficient (Wildman–Crippen LogP) is 4.49. The zero-order valence-electron chi connectivity index (χ0n) is 14.2. The van der Waals surface area contributed by atoms with Crippen LogP contribution in [0.1, 0.15) is 4.88 Å². The van der Waals surface area contributed by atoms with Crippen molar-refractivity contribution >= 4 is 21.6 Å². The van der Waals surface area contributed by atoms with Crippen molar-refractivity contribution in [2.75, 3.05) is 6.79 Å². The zero-order chi connectivity index (χ0) is 18.5. The molecule has 0 bridgehead atoms. The lowest BCUT2D eigenvalue weighted by molar-refractivity contribution is 0.174. The fourth-order valence-corrected chi connectivity index (χ4v) is 4.31. The van der Waals surface area contributed by atoms with Gasteiger partial charge in [0.2, 0.25) is 6.79 Å². The van der Waals surface area contributed by atoms with Gasteiger partial charge in [-0.3, -0.25) is 4.79 Å². The van der Waals surface area contributed by atoms with Gasteiger partial charge < -0.3 is 14.5 Å². The number of nitrogens with one attached hydrogen (secondary N) is 1. The summed E-state index contributed by atoms with van der Waals surface area (Å²) in [5.74, 6) is 1.46. The lowest BCUT2D eigenvalue weighted by atomic mass is 10.0. The van der Waals surface area contributed by atoms with E-state index >= 15 is 0 Å². The molecule has 7 heteroatoms. The Labute approximate surface area is 157 Å². The van der Waals surface area contributed by atoms with E-state index in [1.54, 1.807) is 24.3 Å². The first kappa shape index (κ1) is 16.0. The van der Waals surface area contributed by atoms with E-state index in [4.69, 9.17) is 9.47 Å². The number of H-pyrrole nitrogens is 1. The zero-order valence-corrected chi connectivity index (χ0v) is 15.0. The monoisotopic (exact) mass is 380 g/mol. The van der Waals surface area contributed by atoms with Crippen LogP contribution in [0.4, 0.5) is 4.39 Å². The van der Waals surface area contributed by atoms with Crippen molar-refractivity contribution in [3.63, 3.8) is 0 Å². The first-order chi connectivity index (χ1) is 13.1. The number of aromatic nitrogens is 2. The van der Waals surface area contributed by atoms with Gasteiger partial charge >= 0.3 is 0 Å². The molecule has 0 unspecified atom stereocenters. The Hall–Kier alpha value is -3.19. The number of rotatable bonds is 2. The maximum atomic E-state index is 13.3. The van der Waals surface area contributed by atoms with Crippen LogP contribution in [0.2, 0.25) is 0 Å². The molecule has 134 valence electrons. The SMILES string of the molecule is Cc1sc2nc(-c3ccc4c(c3)OCO4)[nH]c(=O)c2c1-c1ccc(F)cc1. The summed E-state index contributed by atoms with van der Waals surface area (Å²) in [4.78, 5) is 22.0. The van der Waals surface area contributed by atoms with Crippen molar-refractivity contribution in [2.24, 2.45) is 0 Å². The third kappa shape index (κ3) is 2.59. The molecule has 0 spiro atoms. The van der Waals surface area contributed by atoms with Gasteiger partial charge in [-0.05, 0) is 42.8 Å². The van der Waals surface area contributed by atoms with Crippen LogP contribution >= 0.6 is 11.3 Å². The fraction of sp³-hybridized carbons (Fsp3) is 0.100. The number of hydrogen-bond acceptors (Lipinski definition) is 5. The van der Waals surface area contributed by atoms with Gasteiger partial charge in [0.15, 0.2) is 11.5 Å². The second-order valence-corrected chi connectivity index (χ2v) is 7.41. The van der Waals surface area contributed by atoms with Crippen LogP contribution < -0.4 is 15.0 Å². The second kappa shape index (κ2) is 5.92. The number of halogens is 1. The first-order valence-corrected chi connectivity index (χ1v) is 9.11. The summed E-state index contributed by atoms with van der Waals surface area (Å²) >= 11 is 1.45. The Morgan fingerprint density at radius 2 is 1.81 bits per heavy atom. The molecular formula is C20H13FN2O3S. The highest BCUT2D eigenvalue weighted by atomic mass is 32.1. The number of benzene rings is 2. The molecular weight excluding hydrogens is 367 g/mol. The lowest BCUT2D eigenvalue weighted by Gasteiger charge is -2.04. The van der Waals surface area contributed by atoms with Gasteiger partial charge in [0.25, 0.3) is 5.56 Å². The van der Waals surface area contributed by atoms with Crippen LogP contribution in [0.25, 0.3) is 32.7 Å². The van der Waals surface area contributed by atoms with E-state index in [1.165, 1.54) is 23.5 Å². The highest BCUT2D eigenvalue weighted by Crippen LogP contribution is 2.38. The summed E-state index contributed by atoms with van der Waals surface area (Å²) in [5, 5.41) is 0.522. The standard InChI is InChI=1S/C20H13FN2O3S/c1-10-16(11-2-5-13(21)6-3-11)17-19(24)22-18(23-20(17)27-10)12-4-7-14-15(8-12)26-9-25-14/h2-8H,9H2,1H3,(H,22,23,24). The Balaban J connectivity index is 1.69. The maximum Gasteiger partial charge on any atom is 0.260 e. The minimum atomic E-state index is -0.312. The van der Waals surface area contributed by atoms with E-state index in [1.807, 2.05) is 13.0 Å². The van der Waals surface area contributed by atoms with Gasteiger partial charge in [0, 0.05) is 16.0 Å². The number of thiophene rings is 1. The van der Waals surface area contributed by atoms with E-state index in [0.29, 0.717) is 27.5 Å². The molecule has 4 aromatic rings. The molecule has 1 aliphatic rings. The topological polar surface area (TPSA) is 64.2 Å². The largest absolute Gasteiger partial charge is 0.454 e. The van der Waals surface area contributed by atoms with E-state index in [0.717, 1.165) is 21.6 Å². The van der Waals surface area contributed by atoms with Crippen LogP contribution in [0.3, 0.4) is 0 Å². The van der Waals surface area contributed by atoms with Crippen molar-refractivity contribution in [2.45, 2.75) is 6.92 Å². The molecule has 0 saturated heterocycles. The molecule has 1 N–H and O–H groups in total. The summed E-state index contributed by atoms with van der Waals surface area (Å²) in [6, 6.07) is 11.6. The third-order valence-corrected chi connectivity index (χ3v) is 5.52. The number of aromatic amines is 1. The average Bonchev–Trinajstić information content (AvgIpc) is 3.25. The first-order valence-electron chi connectivity index (χ1n) is 8.29. The predicted molar refractivity (Wildman–Crippen MR) is 102 cm³/mol. The molecule has 0 aliphatic carbocycles. The molecule has 5 nitrogen and oxygen atoms in total. The van der Waals surface area contributed by atoms with E-state index in [2.05, 4.69) is 9.97 Å². The summed E-state index contributed by atoms with van der Waals surface area (Å²) < 4.78 is 24.0. The molecule has 0 fully saturated rings. The molecule has 0 atom stereocenters. The van der Waals surface area contributed by atoms with Gasteiger partial charge in [-0.2, -0.15) is 0 Å². The fourth-order valence-electron chi connectivity index (χ4n) is 3.26. The third-order valence-electron chi connectivity index (χ3n) is 4.52. The highest BCUT2D eigenvalue weighted by Gasteiger charge is 2.19. The number of ether oxygens (including phenoxy) is 2. The Kier molecular flexibility index (Phi) is 3.51. The maximum absolute atomic E-state index is 13.3. The molecule has 0 saturated carbocycles. The number of nitrogens with zero attached hydrogens (tertiary/aromatic N) is 1. The van der Waals surface area contributed by atoms with Gasteiger partial charge in [-0.15, -0.1) is 11.3 Å². The van der Waals surface area contributed by atoms with Crippen molar-refractivity contribution in [1.29, 1.82) is 0 Å². The van der Waals surface area contributed by atoms with E-state index in [9.17, 15) is 9.18 Å². The van der Waals surface area contributed by atoms with Gasteiger partial charge in [0.1, 0.15) is 16.5 Å². The second-order valence-electron chi connectivity index (χ2n) is 6.20. The van der Waals surface area contributed by atoms with Gasteiger partial charge in [-0.25, -0.2) is 9.37 Å². The number of aryl methyl sites for hydroxylation is 1. The van der Waals surface area contributed by atoms with Crippen LogP contribution in [0.5, 0.6) is 11.5 Å². The summed E-state index contributed by atoms with van der Waals surface area (Å²) in [6.45, 7) is 2.12. The Morgan fingerprint density at radius 1 is 1.07 bits per heavy atom. The number of fused-ring (bicyclic) bond motifs is 2. The van der Waals surface area contributed by atoms with Crippen LogP contribution in [-0.4, -0.2) is 16.8 Å². The normalized spacial score (nSPS) is 12.7. The summed E-state index contributed by atoms with van der Waals surface area (Å²) in [5.41, 5.74) is 2.10. The molecule has 3 heterocycles. The van der Waals surface area contributed by atoms with Gasteiger partial charge in [0.05, 0.1) is 5.39 Å². The molecule has 0 amide bonds. The molecule has 27 heavy (non-hydrogen) atoms. The Bertz CT molecular complexity index is 1240.